The molecule has 0 amide bonds. The van der Waals surface area contributed by atoms with E-state index in [0.717, 1.165) is 17.1 Å². The topological polar surface area (TPSA) is 3.24 Å². The van der Waals surface area contributed by atoms with Crippen LogP contribution >= 0.6 is 0 Å². The lowest BCUT2D eigenvalue weighted by atomic mass is 10.0. The summed E-state index contributed by atoms with van der Waals surface area (Å²) < 4.78 is 0. The van der Waals surface area contributed by atoms with Crippen LogP contribution in [-0.4, -0.2) is 0 Å². The Morgan fingerprint density at radius 3 is 1.36 bits per heavy atom. The fraction of sp³-hybridized carbons (Fsp3) is 0.111. The maximum absolute atomic E-state index is 2.30. The van der Waals surface area contributed by atoms with Crippen molar-refractivity contribution in [2.75, 3.05) is 4.90 Å². The Labute approximate surface area is 167 Å². The van der Waals surface area contributed by atoms with Gasteiger partial charge in [-0.3, -0.25) is 0 Å². The van der Waals surface area contributed by atoms with Gasteiger partial charge in [-0.2, -0.15) is 0 Å². The van der Waals surface area contributed by atoms with Crippen molar-refractivity contribution in [3.63, 3.8) is 0 Å². The van der Waals surface area contributed by atoms with Gasteiger partial charge in [-0.1, -0.05) is 77.4 Å². The Balaban J connectivity index is 1.76. The van der Waals surface area contributed by atoms with E-state index in [1.165, 1.54) is 27.8 Å². The van der Waals surface area contributed by atoms with Gasteiger partial charge in [0, 0.05) is 17.1 Å². The molecule has 0 aliphatic rings. The minimum absolute atomic E-state index is 1.16. The van der Waals surface area contributed by atoms with Crippen LogP contribution in [0.25, 0.3) is 11.1 Å². The lowest BCUT2D eigenvalue weighted by molar-refractivity contribution is 1.27. The van der Waals surface area contributed by atoms with E-state index in [0.29, 0.717) is 0 Å². The van der Waals surface area contributed by atoms with E-state index in [1.54, 1.807) is 0 Å². The van der Waals surface area contributed by atoms with Crippen LogP contribution in [0.3, 0.4) is 0 Å². The molecule has 0 bridgehead atoms. The summed E-state index contributed by atoms with van der Waals surface area (Å²) >= 11 is 0. The fourth-order valence-electron chi connectivity index (χ4n) is 3.46. The van der Waals surface area contributed by atoms with Gasteiger partial charge in [0.1, 0.15) is 0 Å². The van der Waals surface area contributed by atoms with Gasteiger partial charge < -0.3 is 4.90 Å². The Morgan fingerprint density at radius 2 is 0.893 bits per heavy atom. The number of benzene rings is 4. The quantitative estimate of drug-likeness (QED) is 0.358. The lowest BCUT2D eigenvalue weighted by Gasteiger charge is -2.26. The zero-order chi connectivity index (χ0) is 19.5. The van der Waals surface area contributed by atoms with E-state index in [1.807, 2.05) is 0 Å². The van der Waals surface area contributed by atoms with Crippen LogP contribution in [0, 0.1) is 20.8 Å². The third kappa shape index (κ3) is 3.84. The molecular weight excluding hydrogens is 338 g/mol. The van der Waals surface area contributed by atoms with Gasteiger partial charge >= 0.3 is 0 Å². The summed E-state index contributed by atoms with van der Waals surface area (Å²) in [7, 11) is 0. The summed E-state index contributed by atoms with van der Waals surface area (Å²) in [6.45, 7) is 6.38. The third-order valence-corrected chi connectivity index (χ3v) is 5.06. The average molecular weight is 364 g/mol. The summed E-state index contributed by atoms with van der Waals surface area (Å²) in [5.41, 5.74) is 9.79. The fourth-order valence-corrected chi connectivity index (χ4v) is 3.46. The van der Waals surface area contributed by atoms with E-state index in [4.69, 9.17) is 0 Å². The van der Waals surface area contributed by atoms with Crippen LogP contribution in [0.1, 0.15) is 16.7 Å². The Hall–Kier alpha value is -3.32. The van der Waals surface area contributed by atoms with Gasteiger partial charge in [0.2, 0.25) is 0 Å². The molecule has 138 valence electrons. The number of hydrogen-bond acceptors (Lipinski definition) is 1. The van der Waals surface area contributed by atoms with Crippen molar-refractivity contribution in [3.8, 4) is 11.1 Å². The number of nitrogens with zero attached hydrogens (tertiary/aromatic N) is 1. The minimum atomic E-state index is 1.16. The minimum Gasteiger partial charge on any atom is -0.311 e. The zero-order valence-corrected chi connectivity index (χ0v) is 16.7. The Morgan fingerprint density at radius 1 is 0.429 bits per heavy atom. The first-order valence-electron chi connectivity index (χ1n) is 9.71. The standard InChI is InChI=1S/C27H25N/c1-20-7-13-25(14-8-20)28(26-15-9-21(2)10-16-26)27-17-11-23(12-18-27)24-6-4-5-22(3)19-24/h4-19H,1-3H3. The maximum Gasteiger partial charge on any atom is 0.0462 e. The monoisotopic (exact) mass is 363 g/mol. The van der Waals surface area contributed by atoms with Crippen molar-refractivity contribution in [1.82, 2.24) is 0 Å². The molecule has 0 unspecified atom stereocenters. The zero-order valence-electron chi connectivity index (χ0n) is 16.7. The van der Waals surface area contributed by atoms with Gasteiger partial charge in [-0.25, -0.2) is 0 Å². The van der Waals surface area contributed by atoms with Crippen molar-refractivity contribution in [2.24, 2.45) is 0 Å². The summed E-state index contributed by atoms with van der Waals surface area (Å²) in [6.07, 6.45) is 0. The molecule has 0 heterocycles. The van der Waals surface area contributed by atoms with Crippen LogP contribution in [0.15, 0.2) is 97.1 Å². The molecule has 0 atom stereocenters. The molecule has 0 saturated carbocycles. The van der Waals surface area contributed by atoms with Crippen LogP contribution < -0.4 is 4.90 Å². The summed E-state index contributed by atoms with van der Waals surface area (Å²) in [5.74, 6) is 0. The van der Waals surface area contributed by atoms with Crippen LogP contribution in [-0.2, 0) is 0 Å². The molecule has 4 aromatic rings. The number of rotatable bonds is 4. The second-order valence-electron chi connectivity index (χ2n) is 7.42. The second kappa shape index (κ2) is 7.74. The van der Waals surface area contributed by atoms with E-state index in [-0.39, 0.29) is 0 Å². The predicted octanol–water partition coefficient (Wildman–Crippen LogP) is 7.75. The second-order valence-corrected chi connectivity index (χ2v) is 7.42. The molecule has 0 spiro atoms. The highest BCUT2D eigenvalue weighted by atomic mass is 15.1. The molecule has 1 nitrogen and oxygen atoms in total. The van der Waals surface area contributed by atoms with E-state index < -0.39 is 0 Å². The van der Waals surface area contributed by atoms with Crippen molar-refractivity contribution in [3.05, 3.63) is 114 Å². The summed E-state index contributed by atoms with van der Waals surface area (Å²) in [4.78, 5) is 2.30. The van der Waals surface area contributed by atoms with Gasteiger partial charge in [-0.05, 0) is 68.3 Å². The highest BCUT2D eigenvalue weighted by Gasteiger charge is 2.12. The molecule has 28 heavy (non-hydrogen) atoms. The lowest BCUT2D eigenvalue weighted by Crippen LogP contribution is -2.09. The number of anilines is 3. The number of aryl methyl sites for hydroxylation is 3. The van der Waals surface area contributed by atoms with Crippen molar-refractivity contribution >= 4 is 17.1 Å². The van der Waals surface area contributed by atoms with E-state index in [9.17, 15) is 0 Å². The summed E-state index contributed by atoms with van der Waals surface area (Å²) in [5, 5.41) is 0. The molecule has 0 aromatic heterocycles. The normalized spacial score (nSPS) is 10.7. The molecule has 0 radical (unpaired) electrons. The summed E-state index contributed by atoms with van der Waals surface area (Å²) in [6, 6.07) is 34.9. The van der Waals surface area contributed by atoms with Crippen LogP contribution in [0.4, 0.5) is 17.1 Å². The molecular formula is C27H25N. The average Bonchev–Trinajstić information content (AvgIpc) is 2.72. The molecule has 0 fully saturated rings. The van der Waals surface area contributed by atoms with Gasteiger partial charge in [0.15, 0.2) is 0 Å². The molecule has 0 N–H and O–H groups in total. The Kier molecular flexibility index (Phi) is 4.99. The van der Waals surface area contributed by atoms with Gasteiger partial charge in [0.25, 0.3) is 0 Å². The Bertz CT molecular complexity index is 1010. The predicted molar refractivity (Wildman–Crippen MR) is 121 cm³/mol. The third-order valence-electron chi connectivity index (χ3n) is 5.06. The first kappa shape index (κ1) is 18.1. The smallest absolute Gasteiger partial charge is 0.0462 e. The van der Waals surface area contributed by atoms with Gasteiger partial charge in [-0.15, -0.1) is 0 Å². The first-order chi connectivity index (χ1) is 13.6. The van der Waals surface area contributed by atoms with Crippen LogP contribution in [0.5, 0.6) is 0 Å². The molecule has 0 aliphatic heterocycles. The molecule has 0 saturated heterocycles. The largest absolute Gasteiger partial charge is 0.311 e. The highest BCUT2D eigenvalue weighted by molar-refractivity contribution is 5.78. The first-order valence-corrected chi connectivity index (χ1v) is 9.71. The molecule has 4 aromatic carbocycles. The van der Waals surface area contributed by atoms with Crippen LogP contribution in [0.2, 0.25) is 0 Å². The van der Waals surface area contributed by atoms with Crippen molar-refractivity contribution in [1.29, 1.82) is 0 Å². The highest BCUT2D eigenvalue weighted by Crippen LogP contribution is 2.35. The van der Waals surface area contributed by atoms with Gasteiger partial charge in [0.05, 0.1) is 0 Å². The van der Waals surface area contributed by atoms with E-state index in [2.05, 4.69) is 123 Å². The molecule has 1 heteroatoms. The SMILES string of the molecule is Cc1ccc(N(c2ccc(C)cc2)c2ccc(-c3cccc(C)c3)cc2)cc1. The van der Waals surface area contributed by atoms with Crippen molar-refractivity contribution in [2.45, 2.75) is 20.8 Å². The number of hydrogen-bond donors (Lipinski definition) is 0. The van der Waals surface area contributed by atoms with Crippen molar-refractivity contribution < 1.29 is 0 Å². The molecule has 4 rings (SSSR count). The maximum atomic E-state index is 2.30. The molecule has 0 aliphatic carbocycles. The van der Waals surface area contributed by atoms with E-state index >= 15 is 0 Å².